The van der Waals surface area contributed by atoms with E-state index in [1.807, 2.05) is 12.1 Å². The van der Waals surface area contributed by atoms with Crippen LogP contribution >= 0.6 is 11.3 Å². The molecule has 32 heavy (non-hydrogen) atoms. The highest BCUT2D eigenvalue weighted by Gasteiger charge is 2.14. The van der Waals surface area contributed by atoms with E-state index in [0.29, 0.717) is 5.36 Å². The molecule has 4 rings (SSSR count). The predicted octanol–water partition coefficient (Wildman–Crippen LogP) is 3.83. The quantitative estimate of drug-likeness (QED) is 0.340. The van der Waals surface area contributed by atoms with Gasteiger partial charge in [0.05, 0.1) is 31.8 Å². The molecule has 8 nitrogen and oxygen atoms in total. The summed E-state index contributed by atoms with van der Waals surface area (Å²) in [5, 5.41) is 0.601. The van der Waals surface area contributed by atoms with E-state index in [1.54, 1.807) is 35.6 Å². The third kappa shape index (κ3) is 6.04. The molecule has 2 aliphatic rings. The van der Waals surface area contributed by atoms with Crippen LogP contribution in [0.4, 0.5) is 5.69 Å². The number of rotatable bonds is 4. The maximum atomic E-state index is 11.6. The summed E-state index contributed by atoms with van der Waals surface area (Å²) in [6.07, 6.45) is 2.13. The van der Waals surface area contributed by atoms with Crippen molar-refractivity contribution in [2.45, 2.75) is 24.7 Å². The third-order valence-corrected chi connectivity index (χ3v) is 6.37. The van der Waals surface area contributed by atoms with Crippen molar-refractivity contribution in [3.05, 3.63) is 71.6 Å². The lowest BCUT2D eigenvalue weighted by molar-refractivity contribution is 0.483. The van der Waals surface area contributed by atoms with Crippen LogP contribution in [0.1, 0.15) is 18.9 Å². The molecule has 0 amide bonds. The highest BCUT2D eigenvalue weighted by atomic mass is 32.2. The molecule has 0 radical (unpaired) electrons. The molecule has 1 aliphatic carbocycles. The van der Waals surface area contributed by atoms with Gasteiger partial charge in [0.15, 0.2) is 0 Å². The first kappa shape index (κ1) is 23.7. The van der Waals surface area contributed by atoms with Gasteiger partial charge in [0.2, 0.25) is 0 Å². The second kappa shape index (κ2) is 10.1. The van der Waals surface area contributed by atoms with Crippen LogP contribution < -0.4 is 5.36 Å². The van der Waals surface area contributed by atoms with Crippen LogP contribution in [0.25, 0.3) is 20.8 Å². The normalized spacial score (nSPS) is 11.9. The average Bonchev–Trinajstić information content (AvgIpc) is 2.72. The minimum atomic E-state index is -4.34. The van der Waals surface area contributed by atoms with E-state index in [4.69, 9.17) is 17.6 Å². The van der Waals surface area contributed by atoms with E-state index in [0.717, 1.165) is 33.6 Å². The highest BCUT2D eigenvalue weighted by Crippen LogP contribution is 2.30. The van der Waals surface area contributed by atoms with Gasteiger partial charge in [0.25, 0.3) is 10.1 Å². The third-order valence-electron chi connectivity index (χ3n) is 4.36. The van der Waals surface area contributed by atoms with E-state index in [1.165, 1.54) is 11.6 Å². The number of benzene rings is 3. The number of para-hydroxylation sites is 1. The van der Waals surface area contributed by atoms with E-state index in [9.17, 15) is 13.0 Å². The summed E-state index contributed by atoms with van der Waals surface area (Å²) in [4.78, 5) is 9.92. The van der Waals surface area contributed by atoms with E-state index in [2.05, 4.69) is 30.1 Å². The summed E-state index contributed by atoms with van der Waals surface area (Å²) in [6.45, 7) is 2.16. The van der Waals surface area contributed by atoms with Crippen molar-refractivity contribution in [2.75, 3.05) is 0 Å². The molecule has 1 aliphatic heterocycles. The SMILES string of the molecule is CCCc1ccc2sc3cc(=Nc4ccccc4S(=O)(=O)O)ccc-3nc2c1.O=S(=O)=O. The zero-order valence-corrected chi connectivity index (χ0v) is 19.2. The molecular weight excluding hydrogens is 472 g/mol. The summed E-state index contributed by atoms with van der Waals surface area (Å²) >= 11 is 1.62. The Hall–Kier alpha value is -2.99. The summed E-state index contributed by atoms with van der Waals surface area (Å²) in [5.41, 5.74) is 3.33. The Morgan fingerprint density at radius 3 is 2.44 bits per heavy atom. The van der Waals surface area contributed by atoms with Crippen molar-refractivity contribution in [3.8, 4) is 10.6 Å². The lowest BCUT2D eigenvalue weighted by Gasteiger charge is -2.08. The van der Waals surface area contributed by atoms with Crippen molar-refractivity contribution < 1.29 is 25.6 Å². The van der Waals surface area contributed by atoms with Gasteiger partial charge < -0.3 is 0 Å². The number of fused-ring (bicyclic) bond motifs is 2. The number of aromatic nitrogens is 1. The van der Waals surface area contributed by atoms with Gasteiger partial charge in [-0.05, 0) is 54.4 Å². The predicted molar refractivity (Wildman–Crippen MR) is 121 cm³/mol. The minimum Gasteiger partial charge on any atom is -0.282 e. The van der Waals surface area contributed by atoms with E-state index >= 15 is 0 Å². The van der Waals surface area contributed by atoms with Gasteiger partial charge in [-0.25, -0.2) is 9.98 Å². The van der Waals surface area contributed by atoms with Crippen LogP contribution in [0.2, 0.25) is 0 Å². The summed E-state index contributed by atoms with van der Waals surface area (Å²) in [6, 6.07) is 18.0. The smallest absolute Gasteiger partial charge is 0.282 e. The molecule has 0 saturated carbocycles. The molecule has 2 aromatic rings. The van der Waals surface area contributed by atoms with Gasteiger partial charge >= 0.3 is 10.6 Å². The fourth-order valence-electron chi connectivity index (χ4n) is 3.08. The molecule has 0 aromatic heterocycles. The van der Waals surface area contributed by atoms with Crippen LogP contribution in [-0.2, 0) is 27.1 Å². The molecular formula is C21H18N2O6S3. The van der Waals surface area contributed by atoms with Gasteiger partial charge in [-0.15, -0.1) is 24.0 Å². The summed E-state index contributed by atoms with van der Waals surface area (Å²) in [7, 11) is -7.45. The Kier molecular flexibility index (Phi) is 7.46. The van der Waals surface area contributed by atoms with Gasteiger partial charge in [-0.3, -0.25) is 4.55 Å². The molecule has 11 heteroatoms. The molecule has 0 spiro atoms. The van der Waals surface area contributed by atoms with Crippen molar-refractivity contribution in [3.63, 3.8) is 0 Å². The lowest BCUT2D eigenvalue weighted by Crippen LogP contribution is -2.03. The average molecular weight is 491 g/mol. The lowest BCUT2D eigenvalue weighted by atomic mass is 10.1. The minimum absolute atomic E-state index is 0.201. The standard InChI is InChI=1S/C21H18N2O3S2.O3S/c1-2-5-14-8-11-19-18(12-14)23-16-10-9-15(13-20(16)27-19)22-17-6-3-4-7-21(17)28(24,25)26;1-4(2)3/h3-4,6-13H,2,5H2,1H3,(H,24,25,26);. The van der Waals surface area contributed by atoms with Crippen molar-refractivity contribution in [2.24, 2.45) is 4.99 Å². The monoisotopic (exact) mass is 490 g/mol. The zero-order chi connectivity index (χ0) is 23.3. The summed E-state index contributed by atoms with van der Waals surface area (Å²) in [5.74, 6) is 0. The summed E-state index contributed by atoms with van der Waals surface area (Å²) < 4.78 is 59.0. The number of nitrogens with zero attached hydrogens (tertiary/aromatic N) is 2. The Morgan fingerprint density at radius 1 is 1.03 bits per heavy atom. The second-order valence-electron chi connectivity index (χ2n) is 6.68. The Labute approximate surface area is 190 Å². The van der Waals surface area contributed by atoms with Gasteiger partial charge in [-0.1, -0.05) is 31.5 Å². The van der Waals surface area contributed by atoms with Crippen LogP contribution in [-0.4, -0.2) is 30.6 Å². The topological polar surface area (TPSA) is 131 Å². The first-order chi connectivity index (χ1) is 15.2. The fraction of sp³-hybridized carbons (Fsp3) is 0.143. The molecule has 166 valence electrons. The molecule has 1 N–H and O–H groups in total. The zero-order valence-electron chi connectivity index (χ0n) is 16.8. The van der Waals surface area contributed by atoms with Crippen molar-refractivity contribution in [1.29, 1.82) is 0 Å². The van der Waals surface area contributed by atoms with Gasteiger partial charge in [-0.2, -0.15) is 8.42 Å². The van der Waals surface area contributed by atoms with Crippen molar-refractivity contribution >= 4 is 48.0 Å². The van der Waals surface area contributed by atoms with E-state index < -0.39 is 20.7 Å². The fourth-order valence-corrected chi connectivity index (χ4v) is 4.69. The Balaban J connectivity index is 0.000000668. The number of hydrogen-bond acceptors (Lipinski definition) is 8. The van der Waals surface area contributed by atoms with E-state index in [-0.39, 0.29) is 10.6 Å². The van der Waals surface area contributed by atoms with Crippen LogP contribution in [0, 0.1) is 0 Å². The van der Waals surface area contributed by atoms with Gasteiger partial charge in [0.1, 0.15) is 4.90 Å². The maximum Gasteiger partial charge on any atom is 0.425 e. The first-order valence-corrected chi connectivity index (χ1v) is 12.6. The second-order valence-corrected chi connectivity index (χ2v) is 9.56. The largest absolute Gasteiger partial charge is 0.425 e. The van der Waals surface area contributed by atoms with Crippen LogP contribution in [0.15, 0.2) is 70.6 Å². The molecule has 1 heterocycles. The Bertz CT molecular complexity index is 1520. The number of aryl methyl sites for hydroxylation is 1. The Morgan fingerprint density at radius 2 is 1.75 bits per heavy atom. The molecule has 2 aromatic carbocycles. The molecule has 0 saturated heterocycles. The first-order valence-electron chi connectivity index (χ1n) is 9.39. The number of hydrogen-bond donors (Lipinski definition) is 1. The highest BCUT2D eigenvalue weighted by molar-refractivity contribution is 7.86. The molecule has 0 atom stereocenters. The molecule has 0 bridgehead atoms. The van der Waals surface area contributed by atoms with Crippen LogP contribution in [0.5, 0.6) is 0 Å². The van der Waals surface area contributed by atoms with Crippen LogP contribution in [0.3, 0.4) is 0 Å². The maximum absolute atomic E-state index is 11.6. The van der Waals surface area contributed by atoms with Gasteiger partial charge in [0, 0.05) is 0 Å². The van der Waals surface area contributed by atoms with Crippen molar-refractivity contribution in [1.82, 2.24) is 4.98 Å². The molecule has 0 fully saturated rings. The molecule has 0 unspecified atom stereocenters.